The van der Waals surface area contributed by atoms with Gasteiger partial charge in [0.1, 0.15) is 6.61 Å². The maximum atomic E-state index is 12.7. The second kappa shape index (κ2) is 40.3. The van der Waals surface area contributed by atoms with E-state index in [-0.39, 0.29) is 42.7 Å². The summed E-state index contributed by atoms with van der Waals surface area (Å²) in [5.41, 5.74) is 0. The molecule has 0 aliphatic carbocycles. The van der Waals surface area contributed by atoms with Crippen molar-refractivity contribution in [1.29, 1.82) is 0 Å². The monoisotopic (exact) mass is 805 g/mol. The summed E-state index contributed by atoms with van der Waals surface area (Å²) in [4.78, 5) is 37.0. The quantitative estimate of drug-likeness (QED) is 0.0284. The van der Waals surface area contributed by atoms with Crippen LogP contribution in [0.3, 0.4) is 0 Å². The van der Waals surface area contributed by atoms with Gasteiger partial charge in [-0.25, -0.2) is 4.79 Å². The van der Waals surface area contributed by atoms with Gasteiger partial charge in [0, 0.05) is 19.3 Å². The predicted molar refractivity (Wildman–Crippen MR) is 238 cm³/mol. The summed E-state index contributed by atoms with van der Waals surface area (Å²) in [6.45, 7) is 4.60. The van der Waals surface area contributed by atoms with Crippen LogP contribution >= 0.6 is 0 Å². The van der Waals surface area contributed by atoms with E-state index < -0.39 is 18.1 Å². The topological polar surface area (TPSA) is 99.1 Å². The Morgan fingerprint density at radius 2 is 0.982 bits per heavy atom. The summed E-state index contributed by atoms with van der Waals surface area (Å²) in [5, 5.41) is 9.62. The molecule has 0 aromatic rings. The number of allylic oxidation sites excluding steroid dienone is 6. The van der Waals surface area contributed by atoms with E-state index in [1.807, 2.05) is 21.1 Å². The average molecular weight is 805 g/mol. The molecule has 0 radical (unpaired) electrons. The third-order valence-electron chi connectivity index (χ3n) is 10.6. The van der Waals surface area contributed by atoms with Crippen LogP contribution in [-0.2, 0) is 28.6 Å². The molecule has 0 aromatic heterocycles. The van der Waals surface area contributed by atoms with Gasteiger partial charge in [0.2, 0.25) is 0 Å². The second-order valence-electron chi connectivity index (χ2n) is 17.0. The summed E-state index contributed by atoms with van der Waals surface area (Å²) >= 11 is 0. The molecule has 8 heteroatoms. The van der Waals surface area contributed by atoms with Crippen LogP contribution in [-0.4, -0.2) is 80.6 Å². The van der Waals surface area contributed by atoms with Gasteiger partial charge >= 0.3 is 17.9 Å². The number of aliphatic carboxylic acids is 1. The molecule has 0 aliphatic rings. The van der Waals surface area contributed by atoms with Gasteiger partial charge in [0.05, 0.1) is 34.4 Å². The summed E-state index contributed by atoms with van der Waals surface area (Å²) in [6, 6.07) is -0.620. The summed E-state index contributed by atoms with van der Waals surface area (Å²) < 4.78 is 17.2. The van der Waals surface area contributed by atoms with E-state index in [0.29, 0.717) is 19.3 Å². The van der Waals surface area contributed by atoms with Gasteiger partial charge in [0.25, 0.3) is 0 Å². The zero-order valence-electron chi connectivity index (χ0n) is 37.8. The molecule has 0 saturated carbocycles. The van der Waals surface area contributed by atoms with Gasteiger partial charge < -0.3 is 23.8 Å². The Morgan fingerprint density at radius 1 is 0.544 bits per heavy atom. The molecule has 0 aliphatic heterocycles. The van der Waals surface area contributed by atoms with Crippen molar-refractivity contribution in [3.05, 3.63) is 36.5 Å². The number of nitrogens with zero attached hydrogens (tertiary/aromatic N) is 1. The van der Waals surface area contributed by atoms with Gasteiger partial charge in [-0.3, -0.25) is 9.59 Å². The number of hydrogen-bond acceptors (Lipinski definition) is 6. The third-order valence-corrected chi connectivity index (χ3v) is 10.6. The van der Waals surface area contributed by atoms with Gasteiger partial charge in [-0.2, -0.15) is 0 Å². The lowest BCUT2D eigenvalue weighted by molar-refractivity contribution is -0.887. The Labute approximate surface area is 351 Å². The maximum Gasteiger partial charge on any atom is 0.362 e. The van der Waals surface area contributed by atoms with Crippen molar-refractivity contribution in [2.45, 2.75) is 219 Å². The Bertz CT molecular complexity index is 1030. The normalized spacial score (nSPS) is 13.2. The fraction of sp³-hybridized carbons (Fsp3) is 0.816. The number of unbranched alkanes of at least 4 members (excludes halogenated alkanes) is 22. The van der Waals surface area contributed by atoms with E-state index in [9.17, 15) is 19.5 Å². The van der Waals surface area contributed by atoms with Crippen molar-refractivity contribution in [1.82, 2.24) is 0 Å². The highest BCUT2D eigenvalue weighted by molar-refractivity contribution is 5.72. The summed E-state index contributed by atoms with van der Waals surface area (Å²) in [5.74, 6) is -1.51. The third kappa shape index (κ3) is 38.8. The van der Waals surface area contributed by atoms with E-state index in [2.05, 4.69) is 50.3 Å². The van der Waals surface area contributed by atoms with Gasteiger partial charge in [0.15, 0.2) is 12.1 Å². The molecule has 57 heavy (non-hydrogen) atoms. The summed E-state index contributed by atoms with van der Waals surface area (Å²) in [7, 11) is 5.52. The lowest BCUT2D eigenvalue weighted by atomic mass is 10.0. The SMILES string of the molecule is CC/C=C/C/C=C/C/C=C/CCCCC(=O)OC(COCCC(C(=O)O)[N+](C)(C)C)COC(=O)CCCCCCCCCCCCCCCCCCCCCCC. The number of likely N-dealkylation sites (N-methyl/N-ethyl adjacent to an activating group) is 1. The highest BCUT2D eigenvalue weighted by Crippen LogP contribution is 2.16. The molecule has 2 atom stereocenters. The first-order valence-corrected chi connectivity index (χ1v) is 23.5. The fourth-order valence-corrected chi connectivity index (χ4v) is 6.93. The lowest BCUT2D eigenvalue weighted by Gasteiger charge is -2.31. The number of carboxylic acid groups (broad SMARTS) is 1. The molecule has 0 aromatic carbocycles. The molecule has 0 bridgehead atoms. The number of esters is 2. The van der Waals surface area contributed by atoms with Crippen LogP contribution in [0.1, 0.15) is 206 Å². The van der Waals surface area contributed by atoms with E-state index in [4.69, 9.17) is 14.2 Å². The Kier molecular flexibility index (Phi) is 38.6. The average Bonchev–Trinajstić information content (AvgIpc) is 3.17. The molecule has 0 rings (SSSR count). The predicted octanol–water partition coefficient (Wildman–Crippen LogP) is 13.0. The van der Waals surface area contributed by atoms with Crippen LogP contribution < -0.4 is 0 Å². The van der Waals surface area contributed by atoms with Gasteiger partial charge in [-0.15, -0.1) is 0 Å². The smallest absolute Gasteiger partial charge is 0.362 e. The second-order valence-corrected chi connectivity index (χ2v) is 17.0. The molecule has 2 unspecified atom stereocenters. The Morgan fingerprint density at radius 3 is 1.46 bits per heavy atom. The van der Waals surface area contributed by atoms with E-state index in [1.54, 1.807) is 0 Å². The van der Waals surface area contributed by atoms with Crippen molar-refractivity contribution < 1.29 is 38.2 Å². The molecule has 0 amide bonds. The summed E-state index contributed by atoms with van der Waals surface area (Å²) in [6.07, 6.45) is 46.4. The zero-order chi connectivity index (χ0) is 42.1. The van der Waals surface area contributed by atoms with Crippen LogP contribution in [0, 0.1) is 0 Å². The van der Waals surface area contributed by atoms with Crippen molar-refractivity contribution in [2.75, 3.05) is 41.0 Å². The number of hydrogen-bond donors (Lipinski definition) is 1. The van der Waals surface area contributed by atoms with Gasteiger partial charge in [-0.05, 0) is 44.9 Å². The number of ether oxygens (including phenoxy) is 3. The molecule has 8 nitrogen and oxygen atoms in total. The molecule has 0 saturated heterocycles. The lowest BCUT2D eigenvalue weighted by Crippen LogP contribution is -2.50. The Hall–Kier alpha value is -2.45. The van der Waals surface area contributed by atoms with Crippen LogP contribution in [0.2, 0.25) is 0 Å². The molecule has 332 valence electrons. The number of rotatable bonds is 42. The minimum absolute atomic E-state index is 0.0480. The number of carboxylic acids is 1. The van der Waals surface area contributed by atoms with Crippen molar-refractivity contribution >= 4 is 17.9 Å². The first-order chi connectivity index (χ1) is 27.6. The Balaban J connectivity index is 4.22. The van der Waals surface area contributed by atoms with Crippen molar-refractivity contribution in [3.8, 4) is 0 Å². The standard InChI is InChI=1S/C49H89NO7/c1-6-8-10-12-14-16-18-20-21-22-23-24-25-26-27-28-30-31-33-35-37-39-47(51)56-44-45(43-55-42-41-46(49(53)54)50(3,4)5)57-48(52)40-38-36-34-32-29-19-17-15-13-11-9-7-2/h9,11,15,17,29,32,45-46H,6-8,10,12-14,16,18-28,30-31,33-44H2,1-5H3/p+1/b11-9+,17-15+,32-29+. The molecule has 0 fully saturated rings. The minimum atomic E-state index is -0.880. The van der Waals surface area contributed by atoms with E-state index >= 15 is 0 Å². The molecule has 0 heterocycles. The molecule has 1 N–H and O–H groups in total. The highest BCUT2D eigenvalue weighted by Gasteiger charge is 2.31. The first-order valence-electron chi connectivity index (χ1n) is 23.5. The largest absolute Gasteiger partial charge is 0.477 e. The highest BCUT2D eigenvalue weighted by atomic mass is 16.6. The van der Waals surface area contributed by atoms with Crippen LogP contribution in [0.4, 0.5) is 0 Å². The number of quaternary nitrogens is 1. The van der Waals surface area contributed by atoms with Crippen LogP contribution in [0.25, 0.3) is 0 Å². The molecular weight excluding hydrogens is 715 g/mol. The molecule has 0 spiro atoms. The minimum Gasteiger partial charge on any atom is -0.477 e. The molecular formula is C49H90NO7+. The van der Waals surface area contributed by atoms with E-state index in [0.717, 1.165) is 51.4 Å². The van der Waals surface area contributed by atoms with Crippen molar-refractivity contribution in [2.24, 2.45) is 0 Å². The zero-order valence-corrected chi connectivity index (χ0v) is 37.8. The number of carbonyl (C=O) groups excluding carboxylic acids is 2. The van der Waals surface area contributed by atoms with Gasteiger partial charge in [-0.1, -0.05) is 179 Å². The van der Waals surface area contributed by atoms with Crippen LogP contribution in [0.15, 0.2) is 36.5 Å². The first kappa shape index (κ1) is 54.6. The fourth-order valence-electron chi connectivity index (χ4n) is 6.93. The number of carbonyl (C=O) groups is 3. The maximum absolute atomic E-state index is 12.7. The van der Waals surface area contributed by atoms with Crippen LogP contribution in [0.5, 0.6) is 0 Å². The van der Waals surface area contributed by atoms with E-state index in [1.165, 1.54) is 116 Å². The van der Waals surface area contributed by atoms with Crippen molar-refractivity contribution in [3.63, 3.8) is 0 Å².